The lowest BCUT2D eigenvalue weighted by atomic mass is 9.95. The smallest absolute Gasteiger partial charge is 0.434 e. The molecule has 0 fully saturated rings. The second kappa shape index (κ2) is 2.99. The van der Waals surface area contributed by atoms with Crippen molar-refractivity contribution in [1.29, 1.82) is 0 Å². The Morgan fingerprint density at radius 1 is 1.50 bits per heavy atom. The van der Waals surface area contributed by atoms with E-state index in [4.69, 9.17) is 0 Å². The van der Waals surface area contributed by atoms with Gasteiger partial charge in [-0.15, -0.1) is 4.39 Å². The van der Waals surface area contributed by atoms with E-state index < -0.39 is 11.8 Å². The summed E-state index contributed by atoms with van der Waals surface area (Å²) in [4.78, 5) is 9.87. The lowest BCUT2D eigenvalue weighted by Crippen LogP contribution is -2.32. The summed E-state index contributed by atoms with van der Waals surface area (Å²) in [5.74, 6) is 0.118. The lowest BCUT2D eigenvalue weighted by Gasteiger charge is -2.26. The molecule has 0 saturated heterocycles. The molecule has 0 N–H and O–H groups in total. The number of hydrogen-bond acceptors (Lipinski definition) is 2. The highest BCUT2D eigenvalue weighted by Crippen LogP contribution is 2.20. The van der Waals surface area contributed by atoms with Crippen LogP contribution in [-0.2, 0) is 4.74 Å². The topological polar surface area (TPSA) is 26.3 Å². The van der Waals surface area contributed by atoms with E-state index >= 15 is 0 Å². The zero-order valence-corrected chi connectivity index (χ0v) is 6.77. The van der Waals surface area contributed by atoms with Gasteiger partial charge in [0, 0.05) is 0 Å². The third-order valence-electron chi connectivity index (χ3n) is 1.73. The van der Waals surface area contributed by atoms with Gasteiger partial charge >= 0.3 is 6.22 Å². The van der Waals surface area contributed by atoms with Crippen LogP contribution in [-0.4, -0.2) is 11.8 Å². The fourth-order valence-electron chi connectivity index (χ4n) is 0.325. The molecule has 10 heavy (non-hydrogen) atoms. The minimum absolute atomic E-state index is 0.118. The Bertz CT molecular complexity index is 130. The molecule has 0 saturated carbocycles. The summed E-state index contributed by atoms with van der Waals surface area (Å²) in [5.41, 5.74) is -0.703. The number of hydrogen-bond donors (Lipinski definition) is 0. The van der Waals surface area contributed by atoms with Gasteiger partial charge in [0.25, 0.3) is 0 Å². The third kappa shape index (κ3) is 2.80. The van der Waals surface area contributed by atoms with Crippen molar-refractivity contribution in [3.8, 4) is 0 Å². The molecule has 0 radical (unpaired) electrons. The van der Waals surface area contributed by atoms with Crippen molar-refractivity contribution in [2.75, 3.05) is 0 Å². The van der Waals surface area contributed by atoms with Gasteiger partial charge < -0.3 is 4.74 Å². The van der Waals surface area contributed by atoms with Crippen LogP contribution in [0.15, 0.2) is 0 Å². The predicted molar refractivity (Wildman–Crippen MR) is 36.5 cm³/mol. The summed E-state index contributed by atoms with van der Waals surface area (Å²) in [6.45, 7) is 7.08. The van der Waals surface area contributed by atoms with Gasteiger partial charge in [0.15, 0.2) is 0 Å². The Labute approximate surface area is 60.4 Å². The molecular weight excluding hydrogens is 135 g/mol. The van der Waals surface area contributed by atoms with Crippen LogP contribution in [0.4, 0.5) is 9.18 Å². The fourth-order valence-corrected chi connectivity index (χ4v) is 0.325. The summed E-state index contributed by atoms with van der Waals surface area (Å²) < 4.78 is 16.1. The molecule has 0 aliphatic rings. The van der Waals surface area contributed by atoms with Crippen molar-refractivity contribution >= 4 is 6.22 Å². The highest BCUT2D eigenvalue weighted by atomic mass is 19.1. The molecule has 0 aromatic rings. The van der Waals surface area contributed by atoms with Crippen molar-refractivity contribution in [2.24, 2.45) is 5.92 Å². The maximum absolute atomic E-state index is 11.7. The number of ether oxygens (including phenoxy) is 1. The molecule has 0 aliphatic carbocycles. The van der Waals surface area contributed by atoms with E-state index in [1.54, 1.807) is 13.8 Å². The molecule has 0 spiro atoms. The molecule has 0 heterocycles. The minimum Gasteiger partial charge on any atom is -0.434 e. The van der Waals surface area contributed by atoms with Gasteiger partial charge in [-0.3, -0.25) is 0 Å². The molecule has 60 valence electrons. The average Bonchev–Trinajstić information content (AvgIpc) is 1.60. The Morgan fingerprint density at radius 2 is 1.90 bits per heavy atom. The van der Waals surface area contributed by atoms with Crippen LogP contribution < -0.4 is 0 Å². The van der Waals surface area contributed by atoms with Gasteiger partial charge in [-0.2, -0.15) is 0 Å². The summed E-state index contributed by atoms with van der Waals surface area (Å²) in [6, 6.07) is 0. The maximum atomic E-state index is 11.7. The monoisotopic (exact) mass is 148 g/mol. The van der Waals surface area contributed by atoms with Gasteiger partial charge in [-0.25, -0.2) is 4.79 Å². The normalized spacial score (nSPS) is 11.8. The molecule has 0 aliphatic heterocycles. The van der Waals surface area contributed by atoms with Gasteiger partial charge in [0.1, 0.15) is 5.60 Å². The van der Waals surface area contributed by atoms with Crippen LogP contribution in [0.2, 0.25) is 0 Å². The maximum Gasteiger partial charge on any atom is 0.495 e. The first kappa shape index (κ1) is 9.40. The van der Waals surface area contributed by atoms with Crippen molar-refractivity contribution in [3.63, 3.8) is 0 Å². The second-order valence-corrected chi connectivity index (χ2v) is 3.10. The van der Waals surface area contributed by atoms with Gasteiger partial charge in [0.2, 0.25) is 0 Å². The summed E-state index contributed by atoms with van der Waals surface area (Å²) in [6.07, 6.45) is -1.71. The molecule has 0 bridgehead atoms. The highest BCUT2D eigenvalue weighted by molar-refractivity contribution is 5.58. The first-order valence-corrected chi connectivity index (χ1v) is 3.24. The molecule has 0 unspecified atom stereocenters. The number of halogens is 1. The number of rotatable bonds is 2. The van der Waals surface area contributed by atoms with E-state index in [9.17, 15) is 9.18 Å². The summed E-state index contributed by atoms with van der Waals surface area (Å²) in [5, 5.41) is 0. The Kier molecular flexibility index (Phi) is 2.81. The highest BCUT2D eigenvalue weighted by Gasteiger charge is 2.26. The fraction of sp³-hybridized carbons (Fsp3) is 0.857. The van der Waals surface area contributed by atoms with Gasteiger partial charge in [-0.05, 0) is 19.8 Å². The molecule has 0 amide bonds. The van der Waals surface area contributed by atoms with Gasteiger partial charge in [0.05, 0.1) is 0 Å². The number of carbonyl (C=O) groups excluding carboxylic acids is 1. The van der Waals surface area contributed by atoms with Crippen LogP contribution in [0.25, 0.3) is 0 Å². The van der Waals surface area contributed by atoms with Crippen molar-refractivity contribution in [2.45, 2.75) is 33.3 Å². The van der Waals surface area contributed by atoms with E-state index in [1.807, 2.05) is 13.8 Å². The molecule has 3 heteroatoms. The first-order valence-electron chi connectivity index (χ1n) is 3.24. The summed E-state index contributed by atoms with van der Waals surface area (Å²) in [7, 11) is 0. The largest absolute Gasteiger partial charge is 0.495 e. The second-order valence-electron chi connectivity index (χ2n) is 3.10. The lowest BCUT2D eigenvalue weighted by molar-refractivity contribution is -0.00863. The standard InChI is InChI=1S/C7H13FO2/c1-5(2)7(3,4)10-6(8)9/h5H,1-4H3. The van der Waals surface area contributed by atoms with Crippen LogP contribution in [0.5, 0.6) is 0 Å². The average molecular weight is 148 g/mol. The van der Waals surface area contributed by atoms with Crippen LogP contribution in [0.1, 0.15) is 27.7 Å². The SMILES string of the molecule is CC(C)C(C)(C)OC(=O)F. The zero-order chi connectivity index (χ0) is 8.36. The summed E-state index contributed by atoms with van der Waals surface area (Å²) >= 11 is 0. The molecular formula is C7H13FO2. The first-order chi connectivity index (χ1) is 4.36. The Balaban J connectivity index is 3.99. The Morgan fingerprint density at radius 3 is 2.00 bits per heavy atom. The van der Waals surface area contributed by atoms with E-state index in [0.29, 0.717) is 0 Å². The van der Waals surface area contributed by atoms with Crippen LogP contribution in [0, 0.1) is 5.92 Å². The van der Waals surface area contributed by atoms with Crippen molar-refractivity contribution in [1.82, 2.24) is 0 Å². The third-order valence-corrected chi connectivity index (χ3v) is 1.73. The van der Waals surface area contributed by atoms with Crippen molar-refractivity contribution in [3.05, 3.63) is 0 Å². The molecule has 0 atom stereocenters. The van der Waals surface area contributed by atoms with Crippen LogP contribution >= 0.6 is 0 Å². The molecule has 0 aromatic carbocycles. The Hall–Kier alpha value is -0.600. The van der Waals surface area contributed by atoms with E-state index in [-0.39, 0.29) is 5.92 Å². The van der Waals surface area contributed by atoms with Crippen molar-refractivity contribution < 1.29 is 13.9 Å². The molecule has 0 rings (SSSR count). The minimum atomic E-state index is -1.71. The zero-order valence-electron chi connectivity index (χ0n) is 6.77. The van der Waals surface area contributed by atoms with E-state index in [1.165, 1.54) is 0 Å². The van der Waals surface area contributed by atoms with Gasteiger partial charge in [-0.1, -0.05) is 13.8 Å². The van der Waals surface area contributed by atoms with Crippen LogP contribution in [0.3, 0.4) is 0 Å². The molecule has 0 aromatic heterocycles. The quantitative estimate of drug-likeness (QED) is 0.562. The predicted octanol–water partition coefficient (Wildman–Crippen LogP) is 2.53. The van der Waals surface area contributed by atoms with E-state index in [2.05, 4.69) is 4.74 Å². The number of carbonyl (C=O) groups is 1. The molecule has 2 nitrogen and oxygen atoms in total. The van der Waals surface area contributed by atoms with E-state index in [0.717, 1.165) is 0 Å².